The highest BCUT2D eigenvalue weighted by Crippen LogP contribution is 2.40. The van der Waals surface area contributed by atoms with E-state index >= 15 is 0 Å². The van der Waals surface area contributed by atoms with Crippen molar-refractivity contribution in [1.29, 1.82) is 0 Å². The molecule has 1 aromatic heterocycles. The Bertz CT molecular complexity index is 1340. The summed E-state index contributed by atoms with van der Waals surface area (Å²) in [6.45, 7) is 2.62. The summed E-state index contributed by atoms with van der Waals surface area (Å²) in [5.41, 5.74) is 0.0654. The number of benzene rings is 1. The monoisotopic (exact) mass is 553 g/mol. The van der Waals surface area contributed by atoms with Gasteiger partial charge in [-0.25, -0.2) is 12.6 Å². The van der Waals surface area contributed by atoms with Gasteiger partial charge < -0.3 is 20.2 Å². The highest BCUT2D eigenvalue weighted by Gasteiger charge is 2.35. The number of hydrogen-bond acceptors (Lipinski definition) is 7. The van der Waals surface area contributed by atoms with Crippen LogP contribution in [0.4, 0.5) is 5.69 Å². The van der Waals surface area contributed by atoms with Crippen LogP contribution in [0, 0.1) is 12.8 Å². The van der Waals surface area contributed by atoms with Crippen molar-refractivity contribution in [1.82, 2.24) is 9.62 Å². The number of phenols is 1. The largest absolute Gasteiger partial charge is 0.504 e. The number of aromatic hydroxyl groups is 1. The zero-order chi connectivity index (χ0) is 25.4. The van der Waals surface area contributed by atoms with Crippen LogP contribution in [-0.2, 0) is 21.2 Å². The summed E-state index contributed by atoms with van der Waals surface area (Å²) in [4.78, 5) is -0.364. The van der Waals surface area contributed by atoms with Crippen LogP contribution in [0.15, 0.2) is 42.4 Å². The number of phenolic OH excluding ortho intramolecular Hbond substituents is 1. The van der Waals surface area contributed by atoms with Crippen molar-refractivity contribution in [2.45, 2.75) is 56.4 Å². The summed E-state index contributed by atoms with van der Waals surface area (Å²) in [6.07, 6.45) is 5.77. The zero-order valence-corrected chi connectivity index (χ0v) is 22.1. The number of aryl methyl sites for hydroxylation is 1. The van der Waals surface area contributed by atoms with Gasteiger partial charge in [0.2, 0.25) is 10.0 Å². The lowest BCUT2D eigenvalue weighted by Crippen LogP contribution is -2.39. The van der Waals surface area contributed by atoms with E-state index in [1.807, 2.05) is 19.1 Å². The Balaban J connectivity index is 1.43. The SMILES string of the molecule is Cc1ccc(C(NC2=NS(=O)N=C2Nc2ccc(Cl)c(S(=O)(=O)N3CCCC3)c2O)C2CCCC2)o1. The van der Waals surface area contributed by atoms with Crippen LogP contribution < -0.4 is 10.6 Å². The lowest BCUT2D eigenvalue weighted by Gasteiger charge is -2.24. The van der Waals surface area contributed by atoms with E-state index in [-0.39, 0.29) is 33.3 Å². The molecule has 1 saturated heterocycles. The fourth-order valence-corrected chi connectivity index (χ4v) is 7.73. The Hall–Kier alpha value is -2.41. The van der Waals surface area contributed by atoms with Crippen molar-refractivity contribution in [2.24, 2.45) is 14.7 Å². The minimum atomic E-state index is -3.99. The summed E-state index contributed by atoms with van der Waals surface area (Å²) in [7, 11) is -3.99. The summed E-state index contributed by atoms with van der Waals surface area (Å²) in [5.74, 6) is 1.70. The maximum absolute atomic E-state index is 13.2. The lowest BCUT2D eigenvalue weighted by atomic mass is 9.96. The molecule has 13 heteroatoms. The maximum atomic E-state index is 13.2. The van der Waals surface area contributed by atoms with Gasteiger partial charge in [0, 0.05) is 13.1 Å². The van der Waals surface area contributed by atoms with E-state index in [9.17, 15) is 17.7 Å². The molecule has 0 spiro atoms. The normalized spacial score (nSPS) is 22.0. The first-order valence-electron chi connectivity index (χ1n) is 12.0. The third-order valence-electron chi connectivity index (χ3n) is 6.79. The lowest BCUT2D eigenvalue weighted by molar-refractivity contribution is 0.339. The minimum Gasteiger partial charge on any atom is -0.504 e. The van der Waals surface area contributed by atoms with Gasteiger partial charge in [0.25, 0.3) is 11.2 Å². The highest BCUT2D eigenvalue weighted by molar-refractivity contribution is 7.89. The molecule has 2 aliphatic heterocycles. The second kappa shape index (κ2) is 10.2. The first kappa shape index (κ1) is 25.2. The fraction of sp³-hybridized carbons (Fsp3) is 0.478. The number of furan rings is 1. The molecule has 2 unspecified atom stereocenters. The molecule has 2 aromatic rings. The van der Waals surface area contributed by atoms with Crippen LogP contribution in [0.2, 0.25) is 5.02 Å². The number of nitrogens with zero attached hydrogens (tertiary/aromatic N) is 3. The molecule has 5 rings (SSSR count). The van der Waals surface area contributed by atoms with E-state index in [1.54, 1.807) is 0 Å². The number of anilines is 1. The van der Waals surface area contributed by atoms with Gasteiger partial charge >= 0.3 is 0 Å². The predicted molar refractivity (Wildman–Crippen MR) is 139 cm³/mol. The summed E-state index contributed by atoms with van der Waals surface area (Å²) >= 11 is 4.35. The molecule has 194 valence electrons. The van der Waals surface area contributed by atoms with Gasteiger partial charge in [-0.1, -0.05) is 24.4 Å². The molecule has 10 nitrogen and oxygen atoms in total. The molecule has 36 heavy (non-hydrogen) atoms. The van der Waals surface area contributed by atoms with Gasteiger partial charge in [-0.3, -0.25) is 0 Å². The van der Waals surface area contributed by atoms with Gasteiger partial charge in [0.05, 0.1) is 16.8 Å². The number of rotatable bonds is 6. The zero-order valence-electron chi connectivity index (χ0n) is 19.7. The van der Waals surface area contributed by atoms with Crippen molar-refractivity contribution >= 4 is 50.2 Å². The van der Waals surface area contributed by atoms with Gasteiger partial charge in [-0.05, 0) is 62.8 Å². The Morgan fingerprint density at radius 3 is 2.47 bits per heavy atom. The van der Waals surface area contributed by atoms with Crippen LogP contribution in [0.3, 0.4) is 0 Å². The summed E-state index contributed by atoms with van der Waals surface area (Å²) in [6, 6.07) is 6.46. The number of halogens is 1. The fourth-order valence-electron chi connectivity index (χ4n) is 5.00. The molecule has 3 N–H and O–H groups in total. The summed E-state index contributed by atoms with van der Waals surface area (Å²) in [5, 5.41) is 17.1. The Kier molecular flexibility index (Phi) is 7.12. The molecular formula is C23H28ClN5O5S2. The van der Waals surface area contributed by atoms with E-state index in [4.69, 9.17) is 16.0 Å². The number of sulfonamides is 1. The van der Waals surface area contributed by atoms with E-state index < -0.39 is 26.9 Å². The van der Waals surface area contributed by atoms with E-state index in [1.165, 1.54) is 16.4 Å². The Morgan fingerprint density at radius 2 is 1.81 bits per heavy atom. The summed E-state index contributed by atoms with van der Waals surface area (Å²) < 4.78 is 54.0. The third kappa shape index (κ3) is 4.91. The topological polar surface area (TPSA) is 137 Å². The van der Waals surface area contributed by atoms with Crippen molar-refractivity contribution < 1.29 is 22.2 Å². The molecular weight excluding hydrogens is 526 g/mol. The van der Waals surface area contributed by atoms with Gasteiger partial charge in [0.1, 0.15) is 16.4 Å². The second-order valence-electron chi connectivity index (χ2n) is 9.23. The molecule has 0 amide bonds. The van der Waals surface area contributed by atoms with Gasteiger partial charge in [0.15, 0.2) is 17.4 Å². The van der Waals surface area contributed by atoms with Crippen molar-refractivity contribution in [3.05, 3.63) is 40.8 Å². The average molecular weight is 554 g/mol. The number of hydrogen-bond donors (Lipinski definition) is 3. The molecule has 1 aromatic carbocycles. The smallest absolute Gasteiger partial charge is 0.269 e. The molecule has 0 bridgehead atoms. The Morgan fingerprint density at radius 1 is 1.11 bits per heavy atom. The average Bonchev–Trinajstić information content (AvgIpc) is 3.63. The van der Waals surface area contributed by atoms with Crippen LogP contribution in [0.1, 0.15) is 56.1 Å². The van der Waals surface area contributed by atoms with Crippen LogP contribution in [0.25, 0.3) is 0 Å². The first-order valence-corrected chi connectivity index (χ1v) is 14.8. The predicted octanol–water partition coefficient (Wildman–Crippen LogP) is 4.05. The highest BCUT2D eigenvalue weighted by atomic mass is 35.5. The quantitative estimate of drug-likeness (QED) is 0.459. The maximum Gasteiger partial charge on any atom is 0.269 e. The van der Waals surface area contributed by atoms with E-state index in [0.29, 0.717) is 19.0 Å². The first-order chi connectivity index (χ1) is 17.2. The van der Waals surface area contributed by atoms with Crippen molar-refractivity contribution in [3.63, 3.8) is 0 Å². The van der Waals surface area contributed by atoms with Crippen molar-refractivity contribution in [3.8, 4) is 5.75 Å². The van der Waals surface area contributed by atoms with Gasteiger partial charge in [-0.2, -0.15) is 4.31 Å². The van der Waals surface area contributed by atoms with Crippen molar-refractivity contribution in [2.75, 3.05) is 18.4 Å². The molecule has 3 aliphatic rings. The van der Waals surface area contributed by atoms with E-state index in [0.717, 1.165) is 50.0 Å². The van der Waals surface area contributed by atoms with Gasteiger partial charge in [-0.15, -0.1) is 8.80 Å². The molecule has 1 saturated carbocycles. The second-order valence-corrected chi connectivity index (χ2v) is 12.3. The van der Waals surface area contributed by atoms with Crippen LogP contribution >= 0.6 is 11.6 Å². The third-order valence-corrected chi connectivity index (χ3v) is 9.87. The number of nitrogens with one attached hydrogen (secondary N) is 2. The number of amidine groups is 2. The van der Waals surface area contributed by atoms with Crippen LogP contribution in [0.5, 0.6) is 5.75 Å². The molecule has 0 radical (unpaired) electrons. The van der Waals surface area contributed by atoms with Crippen LogP contribution in [-0.4, -0.2) is 46.8 Å². The molecule has 3 heterocycles. The molecule has 2 fully saturated rings. The van der Waals surface area contributed by atoms with E-state index in [2.05, 4.69) is 19.4 Å². The molecule has 1 aliphatic carbocycles. The standard InChI is InChI=1S/C23H28ClN5O5S2/c1-14-8-11-18(34-14)19(15-6-2-3-7-15)26-23-22(27-35(31)28-23)25-17-10-9-16(24)21(20(17)30)36(32,33)29-12-4-5-13-29/h8-11,15,19,30H,2-7,12-13H2,1H3,(H,25,27)(H,26,28). The Labute approximate surface area is 217 Å². The molecule has 2 atom stereocenters. The minimum absolute atomic E-state index is 0.0654.